The van der Waals surface area contributed by atoms with Gasteiger partial charge in [0.1, 0.15) is 6.17 Å². The molecule has 4 rings (SSSR count). The van der Waals surface area contributed by atoms with E-state index >= 15 is 0 Å². The van der Waals surface area contributed by atoms with Crippen LogP contribution in [0.5, 0.6) is 0 Å². The number of fused-ring (bicyclic) bond motifs is 3. The number of anilines is 2. The SMILES string of the molecule is Nc1cccc2c3c(oc12)C(N1CCCNCC1)NCN3. The molecule has 0 bridgehead atoms. The maximum absolute atomic E-state index is 6.12. The number of nitrogen functional groups attached to an aromatic ring is 1. The number of para-hydroxylation sites is 1. The Labute approximate surface area is 123 Å². The molecule has 0 saturated carbocycles. The molecule has 0 spiro atoms. The zero-order valence-corrected chi connectivity index (χ0v) is 12.0. The molecule has 6 heteroatoms. The molecule has 2 aliphatic heterocycles. The normalized spacial score (nSPS) is 23.5. The van der Waals surface area contributed by atoms with Gasteiger partial charge in [-0.15, -0.1) is 0 Å². The van der Waals surface area contributed by atoms with Crippen molar-refractivity contribution in [3.8, 4) is 0 Å². The van der Waals surface area contributed by atoms with Crippen LogP contribution in [0.3, 0.4) is 0 Å². The molecule has 112 valence electrons. The van der Waals surface area contributed by atoms with E-state index < -0.39 is 0 Å². The van der Waals surface area contributed by atoms with Gasteiger partial charge in [0, 0.05) is 25.0 Å². The van der Waals surface area contributed by atoms with E-state index in [0.29, 0.717) is 5.69 Å². The molecule has 3 heterocycles. The van der Waals surface area contributed by atoms with Crippen molar-refractivity contribution >= 4 is 22.3 Å². The lowest BCUT2D eigenvalue weighted by Crippen LogP contribution is -2.44. The molecule has 0 aliphatic carbocycles. The van der Waals surface area contributed by atoms with Gasteiger partial charge in [-0.1, -0.05) is 6.07 Å². The Hall–Kier alpha value is -1.76. The predicted molar refractivity (Wildman–Crippen MR) is 84.1 cm³/mol. The van der Waals surface area contributed by atoms with Crippen LogP contribution in [0.1, 0.15) is 18.3 Å². The van der Waals surface area contributed by atoms with Crippen molar-refractivity contribution in [3.63, 3.8) is 0 Å². The predicted octanol–water partition coefficient (Wildman–Crippen LogP) is 1.28. The van der Waals surface area contributed by atoms with Gasteiger partial charge in [-0.05, 0) is 25.1 Å². The number of furan rings is 1. The van der Waals surface area contributed by atoms with Gasteiger partial charge in [0.15, 0.2) is 11.3 Å². The van der Waals surface area contributed by atoms with Crippen molar-refractivity contribution in [2.75, 3.05) is 43.9 Å². The summed E-state index contributed by atoms with van der Waals surface area (Å²) in [7, 11) is 0. The van der Waals surface area contributed by atoms with E-state index in [1.807, 2.05) is 12.1 Å². The molecule has 1 aromatic carbocycles. The summed E-state index contributed by atoms with van der Waals surface area (Å²) in [5.41, 5.74) is 8.62. The number of nitrogens with zero attached hydrogens (tertiary/aromatic N) is 1. The van der Waals surface area contributed by atoms with E-state index in [1.165, 1.54) is 0 Å². The summed E-state index contributed by atoms with van der Waals surface area (Å²) in [4.78, 5) is 2.44. The smallest absolute Gasteiger partial charge is 0.160 e. The molecule has 6 nitrogen and oxygen atoms in total. The van der Waals surface area contributed by atoms with Gasteiger partial charge in [0.05, 0.1) is 18.0 Å². The number of hydrogen-bond donors (Lipinski definition) is 4. The van der Waals surface area contributed by atoms with Gasteiger partial charge in [-0.2, -0.15) is 0 Å². The average Bonchev–Trinajstić information content (AvgIpc) is 2.70. The van der Waals surface area contributed by atoms with Gasteiger partial charge in [0.25, 0.3) is 0 Å². The lowest BCUT2D eigenvalue weighted by Gasteiger charge is -2.33. The highest BCUT2D eigenvalue weighted by Crippen LogP contribution is 2.39. The van der Waals surface area contributed by atoms with Crippen molar-refractivity contribution in [1.29, 1.82) is 0 Å². The van der Waals surface area contributed by atoms with Crippen LogP contribution in [0.15, 0.2) is 22.6 Å². The summed E-state index contributed by atoms with van der Waals surface area (Å²) in [6.07, 6.45) is 1.27. The van der Waals surface area contributed by atoms with Gasteiger partial charge < -0.3 is 20.8 Å². The van der Waals surface area contributed by atoms with Crippen LogP contribution in [-0.2, 0) is 0 Å². The molecule has 1 fully saturated rings. The topological polar surface area (TPSA) is 78.5 Å². The van der Waals surface area contributed by atoms with Gasteiger partial charge in [-0.25, -0.2) is 0 Å². The fourth-order valence-electron chi connectivity index (χ4n) is 3.28. The standard InChI is InChI=1S/C15H21N5O/c16-11-4-1-3-10-12-14(21-13(10)11)15(19-9-18-12)20-7-2-5-17-6-8-20/h1,3-4,15,17-19H,2,5-9,16H2. The summed E-state index contributed by atoms with van der Waals surface area (Å²) >= 11 is 0. The second kappa shape index (κ2) is 5.22. The van der Waals surface area contributed by atoms with Crippen LogP contribution in [-0.4, -0.2) is 37.7 Å². The summed E-state index contributed by atoms with van der Waals surface area (Å²) in [5, 5.41) is 11.4. The highest BCUT2D eigenvalue weighted by Gasteiger charge is 2.31. The molecule has 2 aromatic rings. The Morgan fingerprint density at radius 3 is 3.14 bits per heavy atom. The molecular weight excluding hydrogens is 266 g/mol. The Kier molecular flexibility index (Phi) is 3.21. The molecular formula is C15H21N5O. The summed E-state index contributed by atoms with van der Waals surface area (Å²) in [6.45, 7) is 4.93. The monoisotopic (exact) mass is 287 g/mol. The van der Waals surface area contributed by atoms with Gasteiger partial charge in [-0.3, -0.25) is 10.2 Å². The third-order valence-electron chi connectivity index (χ3n) is 4.32. The minimum atomic E-state index is 0.118. The fraction of sp³-hybridized carbons (Fsp3) is 0.467. The Morgan fingerprint density at radius 1 is 1.24 bits per heavy atom. The average molecular weight is 287 g/mol. The molecule has 21 heavy (non-hydrogen) atoms. The highest BCUT2D eigenvalue weighted by atomic mass is 16.3. The van der Waals surface area contributed by atoms with E-state index in [0.717, 1.165) is 61.7 Å². The molecule has 0 radical (unpaired) electrons. The largest absolute Gasteiger partial charge is 0.454 e. The molecule has 1 saturated heterocycles. The van der Waals surface area contributed by atoms with E-state index in [4.69, 9.17) is 10.2 Å². The van der Waals surface area contributed by atoms with Crippen LogP contribution in [0.2, 0.25) is 0 Å². The second-order valence-corrected chi connectivity index (χ2v) is 5.66. The van der Waals surface area contributed by atoms with Crippen molar-refractivity contribution in [2.45, 2.75) is 12.6 Å². The van der Waals surface area contributed by atoms with Gasteiger partial charge in [0.2, 0.25) is 0 Å². The summed E-state index contributed by atoms with van der Waals surface area (Å²) < 4.78 is 6.12. The molecule has 1 atom stereocenters. The number of benzene rings is 1. The second-order valence-electron chi connectivity index (χ2n) is 5.66. The van der Waals surface area contributed by atoms with Crippen molar-refractivity contribution in [2.24, 2.45) is 0 Å². The molecule has 5 N–H and O–H groups in total. The minimum Gasteiger partial charge on any atom is -0.454 e. The van der Waals surface area contributed by atoms with Crippen molar-refractivity contribution in [1.82, 2.24) is 15.5 Å². The minimum absolute atomic E-state index is 0.118. The number of hydrogen-bond acceptors (Lipinski definition) is 6. The first kappa shape index (κ1) is 12.9. The lowest BCUT2D eigenvalue weighted by atomic mass is 10.1. The van der Waals surface area contributed by atoms with E-state index in [1.54, 1.807) is 0 Å². The number of rotatable bonds is 1. The zero-order chi connectivity index (χ0) is 14.2. The Morgan fingerprint density at radius 2 is 2.19 bits per heavy atom. The molecule has 1 aromatic heterocycles. The number of nitrogens with one attached hydrogen (secondary N) is 3. The lowest BCUT2D eigenvalue weighted by molar-refractivity contribution is 0.154. The molecule has 0 amide bonds. The Balaban J connectivity index is 1.76. The van der Waals surface area contributed by atoms with Crippen molar-refractivity contribution in [3.05, 3.63) is 24.0 Å². The third-order valence-corrected chi connectivity index (χ3v) is 4.32. The van der Waals surface area contributed by atoms with E-state index in [2.05, 4.69) is 26.9 Å². The summed E-state index contributed by atoms with van der Waals surface area (Å²) in [5.74, 6) is 0.955. The summed E-state index contributed by atoms with van der Waals surface area (Å²) in [6, 6.07) is 5.92. The molecule has 2 aliphatic rings. The fourth-order valence-corrected chi connectivity index (χ4v) is 3.28. The van der Waals surface area contributed by atoms with Crippen molar-refractivity contribution < 1.29 is 4.42 Å². The van der Waals surface area contributed by atoms with Crippen LogP contribution < -0.4 is 21.7 Å². The van der Waals surface area contributed by atoms with E-state index in [-0.39, 0.29) is 6.17 Å². The maximum Gasteiger partial charge on any atom is 0.160 e. The number of nitrogens with two attached hydrogens (primary N) is 1. The Bertz CT molecular complexity index is 645. The highest BCUT2D eigenvalue weighted by molar-refractivity contribution is 5.98. The first-order valence-corrected chi connectivity index (χ1v) is 7.57. The van der Waals surface area contributed by atoms with Crippen LogP contribution >= 0.6 is 0 Å². The van der Waals surface area contributed by atoms with Crippen LogP contribution in [0.25, 0.3) is 11.0 Å². The van der Waals surface area contributed by atoms with Crippen LogP contribution in [0.4, 0.5) is 11.4 Å². The first-order valence-electron chi connectivity index (χ1n) is 7.57. The van der Waals surface area contributed by atoms with Crippen LogP contribution in [0, 0.1) is 0 Å². The quantitative estimate of drug-likeness (QED) is 0.592. The third kappa shape index (κ3) is 2.16. The zero-order valence-electron chi connectivity index (χ0n) is 12.0. The first-order chi connectivity index (χ1) is 10.3. The molecule has 1 unspecified atom stereocenters. The van der Waals surface area contributed by atoms with E-state index in [9.17, 15) is 0 Å². The van der Waals surface area contributed by atoms with Gasteiger partial charge >= 0.3 is 0 Å². The maximum atomic E-state index is 6.12.